The van der Waals surface area contributed by atoms with E-state index in [9.17, 15) is 0 Å². The molecule has 1 aromatic heterocycles. The van der Waals surface area contributed by atoms with Gasteiger partial charge in [-0.1, -0.05) is 44.3 Å². The van der Waals surface area contributed by atoms with E-state index in [1.54, 1.807) is 18.2 Å². The summed E-state index contributed by atoms with van der Waals surface area (Å²) in [7, 11) is 0. The smallest absolute Gasteiger partial charge is 0.264 e. The predicted octanol–water partition coefficient (Wildman–Crippen LogP) is 5.69. The van der Waals surface area contributed by atoms with E-state index in [-0.39, 0.29) is 6.61 Å². The number of rotatable bonds is 4. The van der Waals surface area contributed by atoms with Crippen LogP contribution in [0.2, 0.25) is 10.0 Å². The molecule has 0 spiro atoms. The van der Waals surface area contributed by atoms with Crippen LogP contribution in [0.3, 0.4) is 0 Å². The third kappa shape index (κ3) is 3.86. The zero-order valence-electron chi connectivity index (χ0n) is 12.0. The van der Waals surface area contributed by atoms with Crippen LogP contribution < -0.4 is 4.74 Å². The van der Waals surface area contributed by atoms with Gasteiger partial charge in [0.25, 0.3) is 5.89 Å². The minimum atomic E-state index is 0.180. The van der Waals surface area contributed by atoms with Gasteiger partial charge in [-0.15, -0.1) is 0 Å². The first kappa shape index (κ1) is 16.3. The molecule has 0 aliphatic rings. The number of halogens is 3. The molecule has 0 atom stereocenters. The Morgan fingerprint density at radius 3 is 2.74 bits per heavy atom. The fourth-order valence-corrected chi connectivity index (χ4v) is 2.69. The maximum atomic E-state index is 6.14. The molecule has 2 aromatic carbocycles. The quantitative estimate of drug-likeness (QED) is 0.550. The van der Waals surface area contributed by atoms with Crippen molar-refractivity contribution in [2.24, 2.45) is 0 Å². The van der Waals surface area contributed by atoms with Crippen molar-refractivity contribution in [2.45, 2.75) is 13.5 Å². The molecular formula is C16H11BrCl2N2O2. The maximum absolute atomic E-state index is 6.14. The number of aromatic nitrogens is 2. The second kappa shape index (κ2) is 6.91. The molecule has 7 heteroatoms. The lowest BCUT2D eigenvalue weighted by molar-refractivity contribution is 0.243. The van der Waals surface area contributed by atoms with E-state index in [0.29, 0.717) is 27.3 Å². The number of aryl methyl sites for hydroxylation is 1. The molecule has 0 aliphatic heterocycles. The fraction of sp³-hybridized carbons (Fsp3) is 0.125. The average molecular weight is 414 g/mol. The first-order valence-corrected chi connectivity index (χ1v) is 8.25. The largest absolute Gasteiger partial charge is 0.484 e. The molecular weight excluding hydrogens is 403 g/mol. The van der Waals surface area contributed by atoms with Gasteiger partial charge in [-0.3, -0.25) is 0 Å². The summed E-state index contributed by atoms with van der Waals surface area (Å²) in [5.74, 6) is 1.50. The molecule has 3 rings (SSSR count). The highest BCUT2D eigenvalue weighted by molar-refractivity contribution is 9.10. The van der Waals surface area contributed by atoms with Gasteiger partial charge < -0.3 is 9.26 Å². The number of ether oxygens (including phenoxy) is 1. The second-order valence-electron chi connectivity index (χ2n) is 4.84. The van der Waals surface area contributed by atoms with Crippen molar-refractivity contribution in [1.29, 1.82) is 0 Å². The average Bonchev–Trinajstić information content (AvgIpc) is 2.97. The number of benzene rings is 2. The summed E-state index contributed by atoms with van der Waals surface area (Å²) in [5.41, 5.74) is 1.74. The zero-order valence-corrected chi connectivity index (χ0v) is 15.1. The van der Waals surface area contributed by atoms with E-state index < -0.39 is 0 Å². The molecule has 0 N–H and O–H groups in total. The van der Waals surface area contributed by atoms with Crippen molar-refractivity contribution >= 4 is 39.1 Å². The molecule has 0 saturated carbocycles. The van der Waals surface area contributed by atoms with E-state index in [1.807, 2.05) is 25.1 Å². The Bertz CT molecular complexity index is 852. The summed E-state index contributed by atoms with van der Waals surface area (Å²) < 4.78 is 11.9. The zero-order chi connectivity index (χ0) is 16.4. The molecule has 3 aromatic rings. The van der Waals surface area contributed by atoms with E-state index >= 15 is 0 Å². The van der Waals surface area contributed by atoms with Crippen molar-refractivity contribution < 1.29 is 9.26 Å². The van der Waals surface area contributed by atoms with Gasteiger partial charge in [0.2, 0.25) is 5.82 Å². The third-order valence-electron chi connectivity index (χ3n) is 3.13. The van der Waals surface area contributed by atoms with Crippen LogP contribution in [-0.4, -0.2) is 10.1 Å². The lowest BCUT2D eigenvalue weighted by Gasteiger charge is -2.05. The van der Waals surface area contributed by atoms with Crippen LogP contribution >= 0.6 is 39.1 Å². The summed E-state index contributed by atoms with van der Waals surface area (Å²) in [4.78, 5) is 4.29. The predicted molar refractivity (Wildman–Crippen MR) is 93.0 cm³/mol. The van der Waals surface area contributed by atoms with Crippen LogP contribution in [0.15, 0.2) is 45.4 Å². The SMILES string of the molecule is Cc1cc(OCc2nc(-c3ccc(Cl)cc3Cl)no2)ccc1Br. The van der Waals surface area contributed by atoms with Gasteiger partial charge in [-0.2, -0.15) is 4.98 Å². The minimum absolute atomic E-state index is 0.180. The molecule has 0 aliphatic carbocycles. The molecule has 1 heterocycles. The Labute approximate surface area is 151 Å². The monoisotopic (exact) mass is 412 g/mol. The Kier molecular flexibility index (Phi) is 4.90. The van der Waals surface area contributed by atoms with Crippen LogP contribution in [0.1, 0.15) is 11.5 Å². The fourth-order valence-electron chi connectivity index (χ4n) is 1.95. The standard InChI is InChI=1S/C16H11BrCl2N2O2/c1-9-6-11(3-5-13(9)17)22-8-15-20-16(21-23-15)12-4-2-10(18)7-14(12)19/h2-7H,8H2,1H3. The Morgan fingerprint density at radius 2 is 2.00 bits per heavy atom. The van der Waals surface area contributed by atoms with Gasteiger partial charge >= 0.3 is 0 Å². The van der Waals surface area contributed by atoms with Crippen LogP contribution in [0, 0.1) is 6.92 Å². The highest BCUT2D eigenvalue weighted by atomic mass is 79.9. The second-order valence-corrected chi connectivity index (χ2v) is 6.53. The summed E-state index contributed by atoms with van der Waals surface area (Å²) in [6.07, 6.45) is 0. The van der Waals surface area contributed by atoms with Gasteiger partial charge in [0.1, 0.15) is 5.75 Å². The molecule has 4 nitrogen and oxygen atoms in total. The van der Waals surface area contributed by atoms with Crippen LogP contribution in [0.25, 0.3) is 11.4 Å². The van der Waals surface area contributed by atoms with E-state index in [4.69, 9.17) is 32.5 Å². The highest BCUT2D eigenvalue weighted by Crippen LogP contribution is 2.28. The Morgan fingerprint density at radius 1 is 1.17 bits per heavy atom. The van der Waals surface area contributed by atoms with Crippen LogP contribution in [-0.2, 0) is 6.61 Å². The molecule has 0 bridgehead atoms. The lowest BCUT2D eigenvalue weighted by Crippen LogP contribution is -1.96. The lowest BCUT2D eigenvalue weighted by atomic mass is 10.2. The number of hydrogen-bond donors (Lipinski definition) is 0. The van der Waals surface area contributed by atoms with Crippen molar-refractivity contribution in [3.8, 4) is 17.1 Å². The van der Waals surface area contributed by atoms with E-state index in [2.05, 4.69) is 26.1 Å². The van der Waals surface area contributed by atoms with Gasteiger partial charge in [0.15, 0.2) is 6.61 Å². The van der Waals surface area contributed by atoms with Gasteiger partial charge in [0, 0.05) is 15.1 Å². The van der Waals surface area contributed by atoms with Crippen molar-refractivity contribution in [2.75, 3.05) is 0 Å². The maximum Gasteiger partial charge on any atom is 0.264 e. The Balaban J connectivity index is 1.73. The van der Waals surface area contributed by atoms with Crippen molar-refractivity contribution in [3.63, 3.8) is 0 Å². The summed E-state index contributed by atoms with van der Waals surface area (Å²) in [6, 6.07) is 10.8. The molecule has 0 radical (unpaired) electrons. The Hall–Kier alpha value is -1.56. The van der Waals surface area contributed by atoms with Crippen LogP contribution in [0.4, 0.5) is 0 Å². The topological polar surface area (TPSA) is 48.2 Å². The van der Waals surface area contributed by atoms with Crippen molar-refractivity contribution in [1.82, 2.24) is 10.1 Å². The highest BCUT2D eigenvalue weighted by Gasteiger charge is 2.12. The summed E-state index contributed by atoms with van der Waals surface area (Å²) in [6.45, 7) is 2.17. The minimum Gasteiger partial charge on any atom is -0.484 e. The number of hydrogen-bond acceptors (Lipinski definition) is 4. The first-order chi connectivity index (χ1) is 11.0. The number of nitrogens with zero attached hydrogens (tertiary/aromatic N) is 2. The van der Waals surface area contributed by atoms with E-state index in [0.717, 1.165) is 15.8 Å². The van der Waals surface area contributed by atoms with Gasteiger partial charge in [-0.05, 0) is 48.9 Å². The van der Waals surface area contributed by atoms with E-state index in [1.165, 1.54) is 0 Å². The van der Waals surface area contributed by atoms with Gasteiger partial charge in [0.05, 0.1) is 5.02 Å². The molecule has 0 amide bonds. The third-order valence-corrected chi connectivity index (χ3v) is 4.57. The summed E-state index contributed by atoms with van der Waals surface area (Å²) in [5, 5.41) is 4.94. The van der Waals surface area contributed by atoms with Crippen molar-refractivity contribution in [3.05, 3.63) is 62.4 Å². The molecule has 0 unspecified atom stereocenters. The van der Waals surface area contributed by atoms with Crippen LogP contribution in [0.5, 0.6) is 5.75 Å². The first-order valence-electron chi connectivity index (χ1n) is 6.70. The normalized spacial score (nSPS) is 10.8. The molecule has 0 saturated heterocycles. The molecule has 23 heavy (non-hydrogen) atoms. The molecule has 118 valence electrons. The molecule has 0 fully saturated rings. The van der Waals surface area contributed by atoms with Gasteiger partial charge in [-0.25, -0.2) is 0 Å². The summed E-state index contributed by atoms with van der Waals surface area (Å²) >= 11 is 15.5.